The molecule has 0 unspecified atom stereocenters. The van der Waals surface area contributed by atoms with Gasteiger partial charge >= 0.3 is 6.09 Å². The number of nitrogens with zero attached hydrogens (tertiary/aromatic N) is 1. The molecule has 2 N–H and O–H groups in total. The van der Waals surface area contributed by atoms with Gasteiger partial charge < -0.3 is 14.8 Å². The zero-order valence-electron chi connectivity index (χ0n) is 17.2. The van der Waals surface area contributed by atoms with E-state index in [-0.39, 0.29) is 18.7 Å². The third kappa shape index (κ3) is 4.96. The standard InChI is InChI=1S/C24H26N2O4/c1-4-5-6-7-17(10-16(2)3)11-19-12-18-8-9-20(13-22(18)23(28)25-19)26-14-21(15-27)30-24(26)29/h4-9,11-13,21,27H,2,10,14-15H2,1,3H3,(H,25,28)/b5-4-,7-6-,17-11-/t21-/m1/s1. The average Bonchev–Trinajstić information content (AvgIpc) is 3.08. The first-order chi connectivity index (χ1) is 14.4. The van der Waals surface area contributed by atoms with Crippen LogP contribution in [0.3, 0.4) is 0 Å². The van der Waals surface area contributed by atoms with Gasteiger partial charge in [0.1, 0.15) is 6.10 Å². The molecule has 1 amide bonds. The van der Waals surface area contributed by atoms with Crippen LogP contribution in [0.25, 0.3) is 16.8 Å². The number of cyclic esters (lactones) is 1. The van der Waals surface area contributed by atoms with Crippen LogP contribution in [0.4, 0.5) is 10.5 Å². The number of aliphatic hydroxyl groups excluding tert-OH is 1. The van der Waals surface area contributed by atoms with Crippen molar-refractivity contribution in [2.24, 2.45) is 0 Å². The van der Waals surface area contributed by atoms with Gasteiger partial charge in [0.2, 0.25) is 0 Å². The van der Waals surface area contributed by atoms with Crippen molar-refractivity contribution in [3.8, 4) is 0 Å². The van der Waals surface area contributed by atoms with Crippen molar-refractivity contribution in [1.29, 1.82) is 0 Å². The molecule has 3 rings (SSSR count). The number of aromatic nitrogens is 1. The number of fused-ring (bicyclic) bond motifs is 1. The van der Waals surface area contributed by atoms with Crippen LogP contribution in [-0.2, 0) is 4.74 Å². The van der Waals surface area contributed by atoms with Crippen LogP contribution in [0.1, 0.15) is 26.0 Å². The van der Waals surface area contributed by atoms with E-state index in [1.54, 1.807) is 12.1 Å². The molecule has 1 aliphatic rings. The largest absolute Gasteiger partial charge is 0.441 e. The van der Waals surface area contributed by atoms with Gasteiger partial charge in [0, 0.05) is 16.8 Å². The third-order valence-corrected chi connectivity index (χ3v) is 4.70. The first kappa shape index (κ1) is 21.3. The van der Waals surface area contributed by atoms with Crippen LogP contribution in [-0.4, -0.2) is 35.4 Å². The van der Waals surface area contributed by atoms with Gasteiger partial charge in [0.25, 0.3) is 5.56 Å². The number of amides is 1. The van der Waals surface area contributed by atoms with Crippen LogP contribution in [0.2, 0.25) is 0 Å². The Bertz CT molecular complexity index is 1110. The molecule has 30 heavy (non-hydrogen) atoms. The summed E-state index contributed by atoms with van der Waals surface area (Å²) in [6, 6.07) is 7.16. The van der Waals surface area contributed by atoms with E-state index < -0.39 is 12.2 Å². The Hall–Kier alpha value is -3.38. The van der Waals surface area contributed by atoms with Crippen molar-refractivity contribution in [2.75, 3.05) is 18.1 Å². The zero-order chi connectivity index (χ0) is 21.7. The van der Waals surface area contributed by atoms with Gasteiger partial charge in [0.05, 0.1) is 13.2 Å². The molecule has 6 heteroatoms. The second-order valence-corrected chi connectivity index (χ2v) is 7.36. The second kappa shape index (κ2) is 9.41. The summed E-state index contributed by atoms with van der Waals surface area (Å²) in [7, 11) is 0. The number of rotatable bonds is 7. The number of anilines is 1. The molecule has 6 nitrogen and oxygen atoms in total. The lowest BCUT2D eigenvalue weighted by molar-refractivity contribution is 0.0963. The summed E-state index contributed by atoms with van der Waals surface area (Å²) in [5.41, 5.74) is 3.08. The quantitative estimate of drug-likeness (QED) is 0.530. The summed E-state index contributed by atoms with van der Waals surface area (Å²) in [5.74, 6) is 0. The van der Waals surface area contributed by atoms with Gasteiger partial charge in [-0.2, -0.15) is 0 Å². The van der Waals surface area contributed by atoms with Crippen LogP contribution < -0.4 is 10.5 Å². The smallest absolute Gasteiger partial charge is 0.414 e. The molecule has 0 bridgehead atoms. The van der Waals surface area contributed by atoms with Gasteiger partial charge in [-0.1, -0.05) is 42.5 Å². The number of nitrogens with one attached hydrogen (secondary N) is 1. The number of hydrogen-bond donors (Lipinski definition) is 2. The molecule has 1 fully saturated rings. The summed E-state index contributed by atoms with van der Waals surface area (Å²) in [5, 5.41) is 10.5. The maximum absolute atomic E-state index is 12.7. The fourth-order valence-electron chi connectivity index (χ4n) is 3.34. The number of ether oxygens (including phenoxy) is 1. The predicted octanol–water partition coefficient (Wildman–Crippen LogP) is 4.33. The molecular weight excluding hydrogens is 380 g/mol. The summed E-state index contributed by atoms with van der Waals surface area (Å²) < 4.78 is 5.08. The highest BCUT2D eigenvalue weighted by atomic mass is 16.6. The Morgan fingerprint density at radius 3 is 2.80 bits per heavy atom. The molecule has 1 saturated heterocycles. The molecule has 0 aliphatic carbocycles. The number of pyridine rings is 1. The van der Waals surface area contributed by atoms with Crippen LogP contribution in [0.5, 0.6) is 0 Å². The first-order valence-electron chi connectivity index (χ1n) is 9.81. The number of aliphatic hydroxyl groups is 1. The molecule has 0 radical (unpaired) electrons. The Kier molecular flexibility index (Phi) is 6.69. The average molecular weight is 406 g/mol. The minimum absolute atomic E-state index is 0.235. The van der Waals surface area contributed by atoms with E-state index in [4.69, 9.17) is 4.74 Å². The van der Waals surface area contributed by atoms with Crippen molar-refractivity contribution in [3.05, 3.63) is 82.3 Å². The number of benzene rings is 1. The number of carbonyl (C=O) groups excluding carboxylic acids is 1. The van der Waals surface area contributed by atoms with E-state index in [9.17, 15) is 14.7 Å². The molecule has 1 aromatic carbocycles. The van der Waals surface area contributed by atoms with Gasteiger partial charge in [-0.3, -0.25) is 9.69 Å². The highest BCUT2D eigenvalue weighted by Gasteiger charge is 2.31. The molecule has 2 heterocycles. The lowest BCUT2D eigenvalue weighted by atomic mass is 10.0. The number of H-pyrrole nitrogens is 1. The Labute approximate surface area is 175 Å². The van der Waals surface area contributed by atoms with E-state index in [0.717, 1.165) is 16.5 Å². The van der Waals surface area contributed by atoms with E-state index in [0.29, 0.717) is 23.2 Å². The number of carbonyl (C=O) groups is 1. The minimum atomic E-state index is -0.554. The number of hydrogen-bond acceptors (Lipinski definition) is 4. The van der Waals surface area contributed by atoms with E-state index in [1.807, 2.05) is 56.4 Å². The zero-order valence-corrected chi connectivity index (χ0v) is 17.2. The lowest BCUT2D eigenvalue weighted by Gasteiger charge is -2.13. The first-order valence-corrected chi connectivity index (χ1v) is 9.81. The van der Waals surface area contributed by atoms with Crippen molar-refractivity contribution in [1.82, 2.24) is 4.98 Å². The summed E-state index contributed by atoms with van der Waals surface area (Å²) in [4.78, 5) is 29.1. The topological polar surface area (TPSA) is 82.6 Å². The van der Waals surface area contributed by atoms with E-state index in [2.05, 4.69) is 11.6 Å². The molecule has 2 aromatic rings. The third-order valence-electron chi connectivity index (χ3n) is 4.70. The highest BCUT2D eigenvalue weighted by Crippen LogP contribution is 2.25. The summed E-state index contributed by atoms with van der Waals surface area (Å²) in [6.07, 6.45) is 9.41. The molecular formula is C24H26N2O4. The molecule has 156 valence electrons. The summed E-state index contributed by atoms with van der Waals surface area (Å²) in [6.45, 7) is 7.91. The molecule has 0 saturated carbocycles. The molecule has 1 aliphatic heterocycles. The monoisotopic (exact) mass is 406 g/mol. The van der Waals surface area contributed by atoms with E-state index in [1.165, 1.54) is 4.90 Å². The minimum Gasteiger partial charge on any atom is -0.441 e. The van der Waals surface area contributed by atoms with Gasteiger partial charge in [-0.15, -0.1) is 0 Å². The maximum Gasteiger partial charge on any atom is 0.414 e. The molecule has 1 aromatic heterocycles. The van der Waals surface area contributed by atoms with Gasteiger partial charge in [-0.05, 0) is 55.5 Å². The second-order valence-electron chi connectivity index (χ2n) is 7.36. The van der Waals surface area contributed by atoms with Gasteiger partial charge in [-0.25, -0.2) is 4.79 Å². The van der Waals surface area contributed by atoms with Crippen molar-refractivity contribution in [3.63, 3.8) is 0 Å². The fourth-order valence-corrected chi connectivity index (χ4v) is 3.34. The predicted molar refractivity (Wildman–Crippen MR) is 121 cm³/mol. The number of allylic oxidation sites excluding steroid dienone is 6. The van der Waals surface area contributed by atoms with Crippen molar-refractivity contribution < 1.29 is 14.6 Å². The van der Waals surface area contributed by atoms with E-state index >= 15 is 0 Å². The van der Waals surface area contributed by atoms with Crippen molar-refractivity contribution >= 4 is 28.6 Å². The lowest BCUT2D eigenvalue weighted by Crippen LogP contribution is -2.25. The van der Waals surface area contributed by atoms with Crippen molar-refractivity contribution in [2.45, 2.75) is 26.4 Å². The Morgan fingerprint density at radius 2 is 2.13 bits per heavy atom. The number of aromatic amines is 1. The normalized spacial score (nSPS) is 17.4. The Morgan fingerprint density at radius 1 is 1.33 bits per heavy atom. The van der Waals surface area contributed by atoms with Gasteiger partial charge in [0.15, 0.2) is 0 Å². The fraction of sp³-hybridized carbons (Fsp3) is 0.250. The maximum atomic E-state index is 12.7. The van der Waals surface area contributed by atoms with Crippen LogP contribution >= 0.6 is 0 Å². The Balaban J connectivity index is 1.96. The SMILES string of the molecule is C=C(C)CC(/C=C\C=C/C)=C\c1cc2ccc(N3C[C@H](CO)OC3=O)cc2c(=O)[nH]1. The molecule has 0 spiro atoms. The highest BCUT2D eigenvalue weighted by molar-refractivity contribution is 5.94. The van der Waals surface area contributed by atoms with Crippen LogP contribution in [0, 0.1) is 0 Å². The molecule has 1 atom stereocenters. The summed E-state index contributed by atoms with van der Waals surface area (Å²) >= 11 is 0. The van der Waals surface area contributed by atoms with Crippen LogP contribution in [0.15, 0.2) is 71.1 Å².